The fourth-order valence-corrected chi connectivity index (χ4v) is 2.97. The normalized spacial score (nSPS) is 16.2. The number of hydrogen-bond acceptors (Lipinski definition) is 3. The van der Waals surface area contributed by atoms with E-state index in [2.05, 4.69) is 23.2 Å². The van der Waals surface area contributed by atoms with Crippen molar-refractivity contribution in [3.05, 3.63) is 28.8 Å². The van der Waals surface area contributed by atoms with Crippen LogP contribution in [0.15, 0.2) is 18.2 Å². The number of nitrogens with zero attached hydrogens (tertiary/aromatic N) is 1. The van der Waals surface area contributed by atoms with E-state index in [0.29, 0.717) is 6.04 Å². The van der Waals surface area contributed by atoms with Gasteiger partial charge in [-0.2, -0.15) is 0 Å². The fourth-order valence-electron chi connectivity index (χ4n) is 2.73. The van der Waals surface area contributed by atoms with Crippen molar-refractivity contribution < 1.29 is 4.74 Å². The van der Waals surface area contributed by atoms with Gasteiger partial charge < -0.3 is 15.0 Å². The Bertz CT molecular complexity index is 434. The molecule has 2 rings (SSSR count). The monoisotopic (exact) mass is 296 g/mol. The van der Waals surface area contributed by atoms with Gasteiger partial charge in [0.15, 0.2) is 0 Å². The first-order valence-electron chi connectivity index (χ1n) is 7.36. The molecule has 1 unspecified atom stereocenters. The van der Waals surface area contributed by atoms with Crippen molar-refractivity contribution in [3.63, 3.8) is 0 Å². The minimum Gasteiger partial charge on any atom is -0.383 e. The highest BCUT2D eigenvalue weighted by Crippen LogP contribution is 2.38. The van der Waals surface area contributed by atoms with E-state index in [1.807, 2.05) is 19.2 Å². The van der Waals surface area contributed by atoms with Gasteiger partial charge in [-0.25, -0.2) is 0 Å². The molecule has 0 saturated heterocycles. The quantitative estimate of drug-likeness (QED) is 0.796. The van der Waals surface area contributed by atoms with Crippen LogP contribution in [0.2, 0.25) is 5.02 Å². The summed E-state index contributed by atoms with van der Waals surface area (Å²) in [5.41, 5.74) is 2.42. The van der Waals surface area contributed by atoms with Gasteiger partial charge in [-0.1, -0.05) is 17.7 Å². The van der Waals surface area contributed by atoms with E-state index >= 15 is 0 Å². The molecule has 1 atom stereocenters. The number of anilines is 1. The Labute approximate surface area is 127 Å². The molecule has 1 saturated carbocycles. The minimum atomic E-state index is 0.541. The van der Waals surface area contributed by atoms with Gasteiger partial charge >= 0.3 is 0 Å². The van der Waals surface area contributed by atoms with E-state index in [1.54, 1.807) is 7.11 Å². The third-order valence-electron chi connectivity index (χ3n) is 4.09. The number of hydrogen-bond donors (Lipinski definition) is 1. The van der Waals surface area contributed by atoms with Crippen LogP contribution in [0.25, 0.3) is 0 Å². The molecule has 0 heterocycles. The van der Waals surface area contributed by atoms with E-state index in [1.165, 1.54) is 24.1 Å². The summed E-state index contributed by atoms with van der Waals surface area (Å²) in [5.74, 6) is 0.813. The molecule has 112 valence electrons. The Morgan fingerprint density at radius 2 is 2.20 bits per heavy atom. The second-order valence-corrected chi connectivity index (χ2v) is 5.94. The third-order valence-corrected chi connectivity index (χ3v) is 4.44. The second-order valence-electron chi connectivity index (χ2n) is 5.53. The number of halogens is 1. The van der Waals surface area contributed by atoms with Crippen molar-refractivity contribution in [1.82, 2.24) is 5.32 Å². The summed E-state index contributed by atoms with van der Waals surface area (Å²) in [6.45, 7) is 4.75. The van der Waals surface area contributed by atoms with Crippen molar-refractivity contribution in [2.75, 3.05) is 32.2 Å². The van der Waals surface area contributed by atoms with Gasteiger partial charge in [0, 0.05) is 42.5 Å². The predicted molar refractivity (Wildman–Crippen MR) is 85.6 cm³/mol. The summed E-state index contributed by atoms with van der Waals surface area (Å²) >= 11 is 6.39. The highest BCUT2D eigenvalue weighted by molar-refractivity contribution is 6.31. The lowest BCUT2D eigenvalue weighted by atomic mass is 10.1. The van der Waals surface area contributed by atoms with Gasteiger partial charge in [-0.15, -0.1) is 0 Å². The number of benzene rings is 1. The molecule has 0 aliphatic heterocycles. The maximum Gasteiger partial charge on any atom is 0.0637 e. The number of rotatable bonds is 8. The van der Waals surface area contributed by atoms with Gasteiger partial charge in [0.2, 0.25) is 0 Å². The van der Waals surface area contributed by atoms with Crippen molar-refractivity contribution in [2.45, 2.75) is 32.4 Å². The highest BCUT2D eigenvalue weighted by atomic mass is 35.5. The largest absolute Gasteiger partial charge is 0.383 e. The zero-order chi connectivity index (χ0) is 14.5. The van der Waals surface area contributed by atoms with Crippen LogP contribution < -0.4 is 10.2 Å². The van der Waals surface area contributed by atoms with Gasteiger partial charge in [0.05, 0.1) is 6.61 Å². The molecule has 0 spiro atoms. The van der Waals surface area contributed by atoms with Gasteiger partial charge in [0.25, 0.3) is 0 Å². The van der Waals surface area contributed by atoms with Crippen LogP contribution >= 0.6 is 11.6 Å². The Balaban J connectivity index is 2.28. The summed E-state index contributed by atoms with van der Waals surface area (Å²) in [7, 11) is 3.71. The van der Waals surface area contributed by atoms with Crippen LogP contribution in [0.5, 0.6) is 0 Å². The number of ether oxygens (including phenoxy) is 1. The summed E-state index contributed by atoms with van der Waals surface area (Å²) in [6.07, 6.45) is 2.68. The van der Waals surface area contributed by atoms with Gasteiger partial charge in [0.1, 0.15) is 0 Å². The Hall–Kier alpha value is -0.770. The lowest BCUT2D eigenvalue weighted by Gasteiger charge is -2.33. The van der Waals surface area contributed by atoms with Gasteiger partial charge in [-0.05, 0) is 44.9 Å². The van der Waals surface area contributed by atoms with E-state index in [0.717, 1.165) is 30.6 Å². The number of methoxy groups -OCH3 is 1. The second kappa shape index (κ2) is 7.30. The lowest BCUT2D eigenvalue weighted by molar-refractivity contribution is 0.202. The number of nitrogens with one attached hydrogen (secondary N) is 1. The molecule has 1 fully saturated rings. The maximum absolute atomic E-state index is 6.39. The lowest BCUT2D eigenvalue weighted by Crippen LogP contribution is -2.38. The van der Waals surface area contributed by atoms with E-state index in [4.69, 9.17) is 16.3 Å². The molecule has 1 aliphatic rings. The minimum absolute atomic E-state index is 0.541. The van der Waals surface area contributed by atoms with Crippen LogP contribution in [-0.2, 0) is 11.3 Å². The average molecular weight is 297 g/mol. The van der Waals surface area contributed by atoms with Crippen LogP contribution in [0.3, 0.4) is 0 Å². The molecule has 0 bridgehead atoms. The highest BCUT2D eigenvalue weighted by Gasteiger charge is 2.32. The molecule has 1 N–H and O–H groups in total. The molecule has 0 amide bonds. The molecule has 0 radical (unpaired) electrons. The third kappa shape index (κ3) is 3.66. The summed E-state index contributed by atoms with van der Waals surface area (Å²) in [4.78, 5) is 2.46. The molecule has 1 aliphatic carbocycles. The smallest absolute Gasteiger partial charge is 0.0637 e. The molecular formula is C16H25ClN2O. The van der Waals surface area contributed by atoms with E-state index in [9.17, 15) is 0 Å². The van der Waals surface area contributed by atoms with E-state index < -0.39 is 0 Å². The SMILES string of the molecule is CNCc1c(Cl)cccc1N(CCOC)C(C)C1CC1. The Kier molecular flexibility index (Phi) is 5.70. The maximum atomic E-state index is 6.39. The van der Waals surface area contributed by atoms with E-state index in [-0.39, 0.29) is 0 Å². The standard InChI is InChI=1S/C16H25ClN2O/c1-12(13-7-8-13)19(9-10-20-3)16-6-4-5-15(17)14(16)11-18-2/h4-6,12-13,18H,7-11H2,1-3H3. The summed E-state index contributed by atoms with van der Waals surface area (Å²) < 4.78 is 5.28. The van der Waals surface area contributed by atoms with Crippen LogP contribution in [-0.4, -0.2) is 33.4 Å². The molecule has 20 heavy (non-hydrogen) atoms. The molecular weight excluding hydrogens is 272 g/mol. The Morgan fingerprint density at radius 1 is 1.45 bits per heavy atom. The molecule has 4 heteroatoms. The topological polar surface area (TPSA) is 24.5 Å². The predicted octanol–water partition coefficient (Wildman–Crippen LogP) is 3.31. The molecule has 3 nitrogen and oxygen atoms in total. The fraction of sp³-hybridized carbons (Fsp3) is 0.625. The molecule has 1 aromatic rings. The summed E-state index contributed by atoms with van der Waals surface area (Å²) in [5, 5.41) is 4.05. The van der Waals surface area contributed by atoms with Crippen LogP contribution in [0, 0.1) is 5.92 Å². The molecule has 0 aromatic heterocycles. The van der Waals surface area contributed by atoms with Crippen molar-refractivity contribution in [2.24, 2.45) is 5.92 Å². The van der Waals surface area contributed by atoms with Gasteiger partial charge in [-0.3, -0.25) is 0 Å². The zero-order valence-electron chi connectivity index (χ0n) is 12.7. The van der Waals surface area contributed by atoms with Crippen molar-refractivity contribution in [1.29, 1.82) is 0 Å². The summed E-state index contributed by atoms with van der Waals surface area (Å²) in [6, 6.07) is 6.72. The van der Waals surface area contributed by atoms with Crippen LogP contribution in [0.1, 0.15) is 25.3 Å². The first kappa shape index (κ1) is 15.6. The Morgan fingerprint density at radius 3 is 2.80 bits per heavy atom. The van der Waals surface area contributed by atoms with Crippen molar-refractivity contribution >= 4 is 17.3 Å². The first-order chi connectivity index (χ1) is 9.69. The van der Waals surface area contributed by atoms with Crippen LogP contribution in [0.4, 0.5) is 5.69 Å². The average Bonchev–Trinajstić information content (AvgIpc) is 3.27. The van der Waals surface area contributed by atoms with Crippen molar-refractivity contribution in [3.8, 4) is 0 Å². The first-order valence-corrected chi connectivity index (χ1v) is 7.74. The molecule has 1 aromatic carbocycles. The zero-order valence-corrected chi connectivity index (χ0v) is 13.4.